The molecule has 1 heterocycles. The monoisotopic (exact) mass is 335 g/mol. The van der Waals surface area contributed by atoms with E-state index in [4.69, 9.17) is 4.42 Å². The molecule has 1 aromatic carbocycles. The van der Waals surface area contributed by atoms with E-state index in [1.54, 1.807) is 0 Å². The molecule has 0 spiro atoms. The number of rotatable bonds is 6. The molecule has 0 aliphatic rings. The highest BCUT2D eigenvalue weighted by molar-refractivity contribution is 9.10. The summed E-state index contributed by atoms with van der Waals surface area (Å²) >= 11 is 3.54. The SMILES string of the molecule is CCCNC(Cc1cccc(Br)c1)c1cc(C)oc1C. The van der Waals surface area contributed by atoms with Gasteiger partial charge in [-0.25, -0.2) is 0 Å². The van der Waals surface area contributed by atoms with Crippen LogP contribution in [0.4, 0.5) is 0 Å². The molecular weight excluding hydrogens is 314 g/mol. The first kappa shape index (κ1) is 15.3. The van der Waals surface area contributed by atoms with Crippen molar-refractivity contribution in [1.29, 1.82) is 0 Å². The van der Waals surface area contributed by atoms with Crippen LogP contribution in [0.15, 0.2) is 39.2 Å². The van der Waals surface area contributed by atoms with E-state index < -0.39 is 0 Å². The molecule has 20 heavy (non-hydrogen) atoms. The lowest BCUT2D eigenvalue weighted by atomic mass is 9.99. The van der Waals surface area contributed by atoms with Gasteiger partial charge in [0, 0.05) is 16.1 Å². The van der Waals surface area contributed by atoms with Gasteiger partial charge in [0.15, 0.2) is 0 Å². The third kappa shape index (κ3) is 3.97. The Kier molecular flexibility index (Phi) is 5.44. The van der Waals surface area contributed by atoms with Gasteiger partial charge in [-0.1, -0.05) is 35.0 Å². The molecule has 0 saturated carbocycles. The minimum Gasteiger partial charge on any atom is -0.466 e. The van der Waals surface area contributed by atoms with Gasteiger partial charge >= 0.3 is 0 Å². The molecule has 2 nitrogen and oxygen atoms in total. The zero-order chi connectivity index (χ0) is 14.5. The molecule has 0 saturated heterocycles. The van der Waals surface area contributed by atoms with Crippen molar-refractivity contribution in [2.75, 3.05) is 6.54 Å². The van der Waals surface area contributed by atoms with Crippen molar-refractivity contribution >= 4 is 15.9 Å². The van der Waals surface area contributed by atoms with Crippen LogP contribution in [-0.4, -0.2) is 6.54 Å². The second-order valence-electron chi connectivity index (χ2n) is 5.21. The molecule has 1 unspecified atom stereocenters. The van der Waals surface area contributed by atoms with Crippen molar-refractivity contribution < 1.29 is 4.42 Å². The Bertz CT molecular complexity index is 562. The number of hydrogen-bond acceptors (Lipinski definition) is 2. The van der Waals surface area contributed by atoms with Crippen molar-refractivity contribution in [3.05, 3.63) is 57.5 Å². The highest BCUT2D eigenvalue weighted by Crippen LogP contribution is 2.25. The number of aryl methyl sites for hydroxylation is 2. The van der Waals surface area contributed by atoms with Crippen LogP contribution in [0, 0.1) is 13.8 Å². The van der Waals surface area contributed by atoms with Crippen LogP contribution in [0.1, 0.15) is 42.0 Å². The third-order valence-corrected chi connectivity index (χ3v) is 3.92. The predicted octanol–water partition coefficient (Wildman–Crippen LogP) is 4.94. The summed E-state index contributed by atoms with van der Waals surface area (Å²) in [6.45, 7) is 7.26. The van der Waals surface area contributed by atoms with Crippen LogP contribution in [0.25, 0.3) is 0 Å². The molecule has 0 radical (unpaired) electrons. The fourth-order valence-electron chi connectivity index (χ4n) is 2.51. The van der Waals surface area contributed by atoms with Gasteiger partial charge in [-0.05, 0) is 57.0 Å². The highest BCUT2D eigenvalue weighted by Gasteiger charge is 2.17. The van der Waals surface area contributed by atoms with Gasteiger partial charge in [-0.15, -0.1) is 0 Å². The minimum atomic E-state index is 0.307. The molecule has 1 aromatic heterocycles. The summed E-state index contributed by atoms with van der Waals surface area (Å²) in [6, 6.07) is 11.0. The number of benzene rings is 1. The lowest BCUT2D eigenvalue weighted by Gasteiger charge is -2.18. The van der Waals surface area contributed by atoms with E-state index in [0.717, 1.165) is 35.4 Å². The maximum absolute atomic E-state index is 5.69. The van der Waals surface area contributed by atoms with Crippen molar-refractivity contribution in [3.8, 4) is 0 Å². The van der Waals surface area contributed by atoms with E-state index in [9.17, 15) is 0 Å². The molecule has 108 valence electrons. The Morgan fingerprint density at radius 3 is 2.65 bits per heavy atom. The summed E-state index contributed by atoms with van der Waals surface area (Å²) in [4.78, 5) is 0. The first-order valence-corrected chi connectivity index (χ1v) is 7.94. The molecule has 0 bridgehead atoms. The summed E-state index contributed by atoms with van der Waals surface area (Å²) in [5, 5.41) is 3.63. The van der Waals surface area contributed by atoms with E-state index in [-0.39, 0.29) is 0 Å². The lowest BCUT2D eigenvalue weighted by molar-refractivity contribution is 0.480. The number of nitrogens with one attached hydrogen (secondary N) is 1. The fourth-order valence-corrected chi connectivity index (χ4v) is 2.95. The van der Waals surface area contributed by atoms with Gasteiger partial charge < -0.3 is 9.73 Å². The van der Waals surface area contributed by atoms with Crippen LogP contribution in [0.2, 0.25) is 0 Å². The maximum atomic E-state index is 5.69. The summed E-state index contributed by atoms with van der Waals surface area (Å²) in [6.07, 6.45) is 2.10. The van der Waals surface area contributed by atoms with Gasteiger partial charge in [-0.3, -0.25) is 0 Å². The average molecular weight is 336 g/mol. The van der Waals surface area contributed by atoms with Gasteiger partial charge in [-0.2, -0.15) is 0 Å². The van der Waals surface area contributed by atoms with Gasteiger partial charge in [0.25, 0.3) is 0 Å². The summed E-state index contributed by atoms with van der Waals surface area (Å²) < 4.78 is 6.82. The maximum Gasteiger partial charge on any atom is 0.105 e. The third-order valence-electron chi connectivity index (χ3n) is 3.42. The molecule has 0 aliphatic carbocycles. The molecule has 2 aromatic rings. The molecule has 0 amide bonds. The Hall–Kier alpha value is -1.06. The molecule has 0 fully saturated rings. The van der Waals surface area contributed by atoms with Crippen molar-refractivity contribution in [2.45, 2.75) is 39.7 Å². The second kappa shape index (κ2) is 7.09. The van der Waals surface area contributed by atoms with E-state index in [2.05, 4.69) is 58.5 Å². The smallest absolute Gasteiger partial charge is 0.105 e. The molecule has 1 N–H and O–H groups in total. The zero-order valence-electron chi connectivity index (χ0n) is 12.4. The highest BCUT2D eigenvalue weighted by atomic mass is 79.9. The molecule has 2 rings (SSSR count). The average Bonchev–Trinajstić information content (AvgIpc) is 2.73. The fraction of sp³-hybridized carbons (Fsp3) is 0.412. The molecule has 1 atom stereocenters. The summed E-state index contributed by atoms with van der Waals surface area (Å²) in [5.41, 5.74) is 2.60. The van der Waals surface area contributed by atoms with Crippen LogP contribution >= 0.6 is 15.9 Å². The van der Waals surface area contributed by atoms with Crippen LogP contribution in [0.3, 0.4) is 0 Å². The van der Waals surface area contributed by atoms with Crippen molar-refractivity contribution in [3.63, 3.8) is 0 Å². The van der Waals surface area contributed by atoms with E-state index >= 15 is 0 Å². The zero-order valence-corrected chi connectivity index (χ0v) is 14.0. The molecular formula is C17H22BrNO. The largest absolute Gasteiger partial charge is 0.466 e. The molecule has 3 heteroatoms. The topological polar surface area (TPSA) is 25.2 Å². The second-order valence-corrected chi connectivity index (χ2v) is 6.13. The Morgan fingerprint density at radius 2 is 2.05 bits per heavy atom. The normalized spacial score (nSPS) is 12.6. The number of furan rings is 1. The van der Waals surface area contributed by atoms with Crippen molar-refractivity contribution in [1.82, 2.24) is 5.32 Å². The number of hydrogen-bond donors (Lipinski definition) is 1. The minimum absolute atomic E-state index is 0.307. The number of halogens is 1. The Morgan fingerprint density at radius 1 is 1.25 bits per heavy atom. The van der Waals surface area contributed by atoms with E-state index in [0.29, 0.717) is 6.04 Å². The van der Waals surface area contributed by atoms with E-state index in [1.807, 2.05) is 13.8 Å². The van der Waals surface area contributed by atoms with Crippen LogP contribution in [0.5, 0.6) is 0 Å². The van der Waals surface area contributed by atoms with E-state index in [1.165, 1.54) is 11.1 Å². The first-order chi connectivity index (χ1) is 9.60. The first-order valence-electron chi connectivity index (χ1n) is 7.15. The van der Waals surface area contributed by atoms with Gasteiger partial charge in [0.1, 0.15) is 11.5 Å². The summed E-state index contributed by atoms with van der Waals surface area (Å²) in [5.74, 6) is 2.00. The summed E-state index contributed by atoms with van der Waals surface area (Å²) in [7, 11) is 0. The van der Waals surface area contributed by atoms with Gasteiger partial charge in [0.05, 0.1) is 0 Å². The standard InChI is InChI=1S/C17H22BrNO/c1-4-8-19-17(16-9-12(2)20-13(16)3)11-14-6-5-7-15(18)10-14/h5-7,9-10,17,19H,4,8,11H2,1-3H3. The predicted molar refractivity (Wildman–Crippen MR) is 87.1 cm³/mol. The quantitative estimate of drug-likeness (QED) is 0.808. The molecule has 0 aliphatic heterocycles. The van der Waals surface area contributed by atoms with Crippen LogP contribution in [-0.2, 0) is 6.42 Å². The van der Waals surface area contributed by atoms with Crippen molar-refractivity contribution in [2.24, 2.45) is 0 Å². The Balaban J connectivity index is 2.21. The Labute approximate surface area is 129 Å². The van der Waals surface area contributed by atoms with Gasteiger partial charge in [0.2, 0.25) is 0 Å². The van der Waals surface area contributed by atoms with Crippen LogP contribution < -0.4 is 5.32 Å². The lowest BCUT2D eigenvalue weighted by Crippen LogP contribution is -2.24.